The van der Waals surface area contributed by atoms with Gasteiger partial charge in [0.05, 0.1) is 11.0 Å². The van der Waals surface area contributed by atoms with Crippen molar-refractivity contribution >= 4 is 58.0 Å². The summed E-state index contributed by atoms with van der Waals surface area (Å²) in [7, 11) is 0. The molecule has 0 saturated heterocycles. The van der Waals surface area contributed by atoms with Gasteiger partial charge in [0.2, 0.25) is 0 Å². The fraction of sp³-hybridized carbons (Fsp3) is 0.400. The number of alkyl halides is 1. The molecule has 84 valence electrons. The molecular formula is C10H4Cl4O2. The minimum absolute atomic E-state index is 0.0149. The van der Waals surface area contributed by atoms with E-state index in [1.165, 1.54) is 6.08 Å². The Hall–Kier alpha value is -0.0200. The van der Waals surface area contributed by atoms with Gasteiger partial charge >= 0.3 is 0 Å². The molecule has 2 nitrogen and oxygen atoms in total. The lowest BCUT2D eigenvalue weighted by molar-refractivity contribution is -0.124. The quantitative estimate of drug-likeness (QED) is 0.644. The maximum absolute atomic E-state index is 12.0. The first-order valence-corrected chi connectivity index (χ1v) is 6.12. The summed E-state index contributed by atoms with van der Waals surface area (Å²) in [4.78, 5) is 22.4. The van der Waals surface area contributed by atoms with Crippen molar-refractivity contribution in [3.05, 3.63) is 21.2 Å². The summed E-state index contributed by atoms with van der Waals surface area (Å²) in [6.07, 6.45) is 1.54. The van der Waals surface area contributed by atoms with Crippen LogP contribution in [-0.2, 0) is 9.59 Å². The van der Waals surface area contributed by atoms with Crippen LogP contribution in [0.1, 0.15) is 0 Å². The van der Waals surface area contributed by atoms with Gasteiger partial charge in [-0.1, -0.05) is 40.9 Å². The highest BCUT2D eigenvalue weighted by molar-refractivity contribution is 6.55. The van der Waals surface area contributed by atoms with Gasteiger partial charge in [0.15, 0.2) is 11.6 Å². The predicted molar refractivity (Wildman–Crippen MR) is 61.7 cm³/mol. The van der Waals surface area contributed by atoms with Crippen LogP contribution in [0.5, 0.6) is 0 Å². The number of halogens is 4. The van der Waals surface area contributed by atoms with Gasteiger partial charge in [-0.25, -0.2) is 0 Å². The van der Waals surface area contributed by atoms with E-state index in [1.54, 1.807) is 0 Å². The predicted octanol–water partition coefficient (Wildman–Crippen LogP) is 2.80. The normalized spacial score (nSPS) is 45.5. The van der Waals surface area contributed by atoms with E-state index in [4.69, 9.17) is 46.4 Å². The van der Waals surface area contributed by atoms with Crippen molar-refractivity contribution in [2.24, 2.45) is 17.8 Å². The van der Waals surface area contributed by atoms with Crippen molar-refractivity contribution in [2.45, 2.75) is 4.87 Å². The molecule has 3 aliphatic carbocycles. The second-order valence-corrected chi connectivity index (χ2v) is 5.93. The van der Waals surface area contributed by atoms with Crippen LogP contribution in [0.25, 0.3) is 0 Å². The molecule has 0 spiro atoms. The summed E-state index contributed by atoms with van der Waals surface area (Å²) < 4.78 is 0. The highest BCUT2D eigenvalue weighted by atomic mass is 35.5. The third-order valence-electron chi connectivity index (χ3n) is 3.51. The summed E-state index contributed by atoms with van der Waals surface area (Å²) in [6, 6.07) is 0. The Kier molecular flexibility index (Phi) is 2.11. The number of rotatable bonds is 0. The van der Waals surface area contributed by atoms with Gasteiger partial charge in [0.1, 0.15) is 4.87 Å². The Labute approximate surface area is 111 Å². The van der Waals surface area contributed by atoms with Crippen molar-refractivity contribution in [1.29, 1.82) is 0 Å². The summed E-state index contributed by atoms with van der Waals surface area (Å²) in [5, 5.41) is 0.399. The molecule has 16 heavy (non-hydrogen) atoms. The van der Waals surface area contributed by atoms with Gasteiger partial charge < -0.3 is 0 Å². The molecule has 2 bridgehead atoms. The first-order chi connectivity index (χ1) is 7.40. The Bertz CT molecular complexity index is 507. The number of Topliss-reactive ketones (excluding diaryl/α,β-unsaturated/α-hetero) is 2. The molecule has 4 atom stereocenters. The molecule has 1 fully saturated rings. The monoisotopic (exact) mass is 296 g/mol. The van der Waals surface area contributed by atoms with Crippen molar-refractivity contribution in [3.8, 4) is 0 Å². The van der Waals surface area contributed by atoms with E-state index in [-0.39, 0.29) is 26.7 Å². The summed E-state index contributed by atoms with van der Waals surface area (Å²) in [6.45, 7) is 0. The average Bonchev–Trinajstić information content (AvgIpc) is 2.69. The Balaban J connectivity index is 2.24. The van der Waals surface area contributed by atoms with E-state index in [9.17, 15) is 9.59 Å². The molecule has 1 saturated carbocycles. The zero-order chi connectivity index (χ0) is 11.8. The largest absolute Gasteiger partial charge is 0.297 e. The highest BCUT2D eigenvalue weighted by Gasteiger charge is 2.70. The van der Waals surface area contributed by atoms with Crippen molar-refractivity contribution in [1.82, 2.24) is 0 Å². The van der Waals surface area contributed by atoms with E-state index in [1.807, 2.05) is 0 Å². The molecule has 0 aromatic heterocycles. The summed E-state index contributed by atoms with van der Waals surface area (Å²) >= 11 is 24.0. The number of carbonyl (C=O) groups is 2. The minimum Gasteiger partial charge on any atom is -0.297 e. The molecule has 3 rings (SSSR count). The molecular weight excluding hydrogens is 294 g/mol. The molecule has 0 aliphatic heterocycles. The van der Waals surface area contributed by atoms with E-state index >= 15 is 0 Å². The van der Waals surface area contributed by atoms with Crippen LogP contribution in [-0.4, -0.2) is 16.4 Å². The van der Waals surface area contributed by atoms with E-state index in [0.717, 1.165) is 0 Å². The Morgan fingerprint density at radius 2 is 1.81 bits per heavy atom. The van der Waals surface area contributed by atoms with Crippen LogP contribution in [0.2, 0.25) is 0 Å². The van der Waals surface area contributed by atoms with E-state index in [2.05, 4.69) is 0 Å². The van der Waals surface area contributed by atoms with Crippen LogP contribution in [0.4, 0.5) is 0 Å². The minimum atomic E-state index is -1.37. The van der Waals surface area contributed by atoms with E-state index in [0.29, 0.717) is 0 Å². The lowest BCUT2D eigenvalue weighted by atomic mass is 9.84. The van der Waals surface area contributed by atoms with Crippen LogP contribution in [0.15, 0.2) is 21.2 Å². The van der Waals surface area contributed by atoms with Gasteiger partial charge in [-0.3, -0.25) is 9.59 Å². The molecule has 3 aliphatic rings. The second kappa shape index (κ2) is 3.05. The summed E-state index contributed by atoms with van der Waals surface area (Å²) in [5.74, 6) is -2.28. The smallest absolute Gasteiger partial charge is 0.180 e. The topological polar surface area (TPSA) is 34.1 Å². The fourth-order valence-corrected chi connectivity index (χ4v) is 4.26. The maximum Gasteiger partial charge on any atom is 0.180 e. The van der Waals surface area contributed by atoms with Gasteiger partial charge in [0, 0.05) is 21.9 Å². The molecule has 0 amide bonds. The third-order valence-corrected chi connectivity index (χ3v) is 5.57. The number of hydrogen-bond donors (Lipinski definition) is 0. The Morgan fingerprint density at radius 1 is 1.19 bits per heavy atom. The molecule has 0 N–H and O–H groups in total. The van der Waals surface area contributed by atoms with Gasteiger partial charge in [-0.15, -0.1) is 11.6 Å². The first kappa shape index (κ1) is 11.1. The standard InChI is InChI=1S/C10H4Cl4O2/c11-3-1-2-4-5(10(3,14)9(2)16)6(12)7(13)8(4)15/h1-2,4-5H/t2-,4+,5-,10+/m1/s1. The maximum atomic E-state index is 12.0. The zero-order valence-corrected chi connectivity index (χ0v) is 10.7. The first-order valence-electron chi connectivity index (χ1n) is 4.61. The van der Waals surface area contributed by atoms with Crippen molar-refractivity contribution < 1.29 is 9.59 Å². The van der Waals surface area contributed by atoms with E-state index < -0.39 is 22.6 Å². The number of allylic oxidation sites excluding steroid dienone is 4. The van der Waals surface area contributed by atoms with Crippen LogP contribution < -0.4 is 0 Å². The highest BCUT2D eigenvalue weighted by Crippen LogP contribution is 2.63. The summed E-state index contributed by atoms with van der Waals surface area (Å²) in [5.41, 5.74) is 0. The van der Waals surface area contributed by atoms with Gasteiger partial charge in [0.25, 0.3) is 0 Å². The average molecular weight is 298 g/mol. The molecule has 0 heterocycles. The molecule has 0 unspecified atom stereocenters. The SMILES string of the molecule is O=C1C(Cl)=C(Cl)[C@H]2[C@@H]1[C@H]1C=C(Cl)[C@@]2(Cl)C1=O. The molecule has 0 aromatic carbocycles. The lowest BCUT2D eigenvalue weighted by Crippen LogP contribution is -2.34. The number of ketones is 2. The van der Waals surface area contributed by atoms with Gasteiger partial charge in [-0.2, -0.15) is 0 Å². The van der Waals surface area contributed by atoms with Crippen LogP contribution >= 0.6 is 46.4 Å². The van der Waals surface area contributed by atoms with Crippen molar-refractivity contribution in [2.75, 3.05) is 0 Å². The number of carbonyl (C=O) groups excluding carboxylic acids is 2. The van der Waals surface area contributed by atoms with Crippen molar-refractivity contribution in [3.63, 3.8) is 0 Å². The molecule has 6 heteroatoms. The molecule has 0 aromatic rings. The van der Waals surface area contributed by atoms with Gasteiger partial charge in [-0.05, 0) is 0 Å². The zero-order valence-electron chi connectivity index (χ0n) is 7.64. The number of hydrogen-bond acceptors (Lipinski definition) is 2. The van der Waals surface area contributed by atoms with Crippen LogP contribution in [0.3, 0.4) is 0 Å². The third kappa shape index (κ3) is 0.943. The molecule has 0 radical (unpaired) electrons. The Morgan fingerprint density at radius 3 is 2.44 bits per heavy atom. The second-order valence-electron chi connectivity index (χ2n) is 4.15. The lowest BCUT2D eigenvalue weighted by Gasteiger charge is -2.26. The number of fused-ring (bicyclic) bond motifs is 5. The van der Waals surface area contributed by atoms with Crippen LogP contribution in [0, 0.1) is 17.8 Å². The fourth-order valence-electron chi connectivity index (χ4n) is 2.79.